The number of benzene rings is 2. The first kappa shape index (κ1) is 16.1. The van der Waals surface area contributed by atoms with Crippen molar-refractivity contribution in [2.45, 2.75) is 25.8 Å². The van der Waals surface area contributed by atoms with Crippen LogP contribution < -0.4 is 15.2 Å². The number of para-hydroxylation sites is 1. The van der Waals surface area contributed by atoms with Crippen molar-refractivity contribution in [3.8, 4) is 5.75 Å². The summed E-state index contributed by atoms with van der Waals surface area (Å²) in [7, 11) is 0. The Hall–Kier alpha value is -3.15. The van der Waals surface area contributed by atoms with Gasteiger partial charge < -0.3 is 9.64 Å². The van der Waals surface area contributed by atoms with Gasteiger partial charge in [0.1, 0.15) is 11.6 Å². The van der Waals surface area contributed by atoms with Crippen LogP contribution >= 0.6 is 0 Å². The maximum atomic E-state index is 12.6. The monoisotopic (exact) mass is 361 g/mol. The first-order valence-corrected chi connectivity index (χ1v) is 9.25. The molecular formula is C21H19N3O3. The average molecular weight is 361 g/mol. The maximum absolute atomic E-state index is 12.6. The van der Waals surface area contributed by atoms with E-state index in [0.29, 0.717) is 23.2 Å². The molecule has 0 atom stereocenters. The van der Waals surface area contributed by atoms with Gasteiger partial charge in [0.25, 0.3) is 11.5 Å². The molecule has 0 saturated carbocycles. The van der Waals surface area contributed by atoms with E-state index in [9.17, 15) is 9.59 Å². The van der Waals surface area contributed by atoms with Gasteiger partial charge >= 0.3 is 0 Å². The number of fused-ring (bicyclic) bond motifs is 3. The molecule has 1 amide bonds. The van der Waals surface area contributed by atoms with Gasteiger partial charge in [-0.1, -0.05) is 18.2 Å². The zero-order valence-corrected chi connectivity index (χ0v) is 14.9. The molecule has 2 aliphatic rings. The molecule has 6 heteroatoms. The predicted molar refractivity (Wildman–Crippen MR) is 102 cm³/mol. The van der Waals surface area contributed by atoms with Crippen LogP contribution in [0, 0.1) is 0 Å². The van der Waals surface area contributed by atoms with E-state index < -0.39 is 0 Å². The van der Waals surface area contributed by atoms with E-state index in [0.717, 1.165) is 37.3 Å². The highest BCUT2D eigenvalue weighted by Gasteiger charge is 2.24. The Kier molecular flexibility index (Phi) is 3.70. The van der Waals surface area contributed by atoms with Gasteiger partial charge in [-0.05, 0) is 42.7 Å². The normalized spacial score (nSPS) is 15.0. The highest BCUT2D eigenvalue weighted by Crippen LogP contribution is 2.27. The molecule has 0 aliphatic carbocycles. The van der Waals surface area contributed by atoms with E-state index in [-0.39, 0.29) is 18.1 Å². The molecule has 0 radical (unpaired) electrons. The van der Waals surface area contributed by atoms with Gasteiger partial charge in [0, 0.05) is 25.2 Å². The van der Waals surface area contributed by atoms with Crippen LogP contribution in [0.1, 0.15) is 17.8 Å². The van der Waals surface area contributed by atoms with Crippen LogP contribution in [-0.2, 0) is 24.2 Å². The van der Waals surface area contributed by atoms with Crippen molar-refractivity contribution < 1.29 is 9.53 Å². The van der Waals surface area contributed by atoms with E-state index in [2.05, 4.69) is 4.98 Å². The van der Waals surface area contributed by atoms with E-state index >= 15 is 0 Å². The van der Waals surface area contributed by atoms with E-state index in [1.54, 1.807) is 27.7 Å². The molecule has 1 aromatic heterocycles. The first-order valence-electron chi connectivity index (χ1n) is 9.25. The van der Waals surface area contributed by atoms with Gasteiger partial charge in [0.15, 0.2) is 6.61 Å². The third-order valence-electron chi connectivity index (χ3n) is 5.34. The van der Waals surface area contributed by atoms with Crippen LogP contribution in [0.4, 0.5) is 5.69 Å². The van der Waals surface area contributed by atoms with Gasteiger partial charge in [-0.25, -0.2) is 4.98 Å². The van der Waals surface area contributed by atoms with Crippen molar-refractivity contribution in [1.82, 2.24) is 9.55 Å². The van der Waals surface area contributed by atoms with E-state index in [4.69, 9.17) is 4.74 Å². The molecule has 27 heavy (non-hydrogen) atoms. The molecule has 136 valence electrons. The molecular weight excluding hydrogens is 342 g/mol. The molecule has 0 unspecified atom stereocenters. The molecule has 2 aliphatic heterocycles. The second-order valence-corrected chi connectivity index (χ2v) is 6.98. The highest BCUT2D eigenvalue weighted by molar-refractivity contribution is 5.96. The quantitative estimate of drug-likeness (QED) is 0.718. The van der Waals surface area contributed by atoms with Crippen LogP contribution in [-0.4, -0.2) is 28.6 Å². The predicted octanol–water partition coefficient (Wildman–Crippen LogP) is 2.31. The van der Waals surface area contributed by atoms with Gasteiger partial charge in [-0.15, -0.1) is 0 Å². The molecule has 2 aromatic carbocycles. The second kappa shape index (κ2) is 6.23. The van der Waals surface area contributed by atoms with Crippen molar-refractivity contribution in [2.24, 2.45) is 0 Å². The Labute approximate surface area is 156 Å². The summed E-state index contributed by atoms with van der Waals surface area (Å²) < 4.78 is 7.45. The lowest BCUT2D eigenvalue weighted by molar-refractivity contribution is -0.120. The zero-order valence-electron chi connectivity index (χ0n) is 14.9. The Balaban J connectivity index is 1.36. The van der Waals surface area contributed by atoms with Crippen molar-refractivity contribution in [2.75, 3.05) is 18.1 Å². The number of nitrogens with zero attached hydrogens (tertiary/aromatic N) is 3. The van der Waals surface area contributed by atoms with E-state index in [1.807, 2.05) is 24.3 Å². The smallest absolute Gasteiger partial charge is 0.264 e. The summed E-state index contributed by atoms with van der Waals surface area (Å²) >= 11 is 0. The Bertz CT molecular complexity index is 1120. The molecule has 5 rings (SSSR count). The Morgan fingerprint density at radius 1 is 1.11 bits per heavy atom. The minimum Gasteiger partial charge on any atom is -0.484 e. The number of carbonyl (C=O) groups excluding carboxylic acids is 1. The minimum absolute atomic E-state index is 0.0299. The lowest BCUT2D eigenvalue weighted by Crippen LogP contribution is -2.33. The van der Waals surface area contributed by atoms with Crippen LogP contribution in [0.25, 0.3) is 10.9 Å². The largest absolute Gasteiger partial charge is 0.484 e. The molecule has 0 fully saturated rings. The molecule has 6 nitrogen and oxygen atoms in total. The van der Waals surface area contributed by atoms with Gasteiger partial charge in [-0.2, -0.15) is 0 Å². The van der Waals surface area contributed by atoms with Gasteiger partial charge in [-0.3, -0.25) is 14.2 Å². The van der Waals surface area contributed by atoms with Crippen LogP contribution in [0.15, 0.2) is 47.3 Å². The van der Waals surface area contributed by atoms with Crippen LogP contribution in [0.5, 0.6) is 5.75 Å². The average Bonchev–Trinajstić information content (AvgIpc) is 3.33. The summed E-state index contributed by atoms with van der Waals surface area (Å²) in [5.74, 6) is 1.29. The third-order valence-corrected chi connectivity index (χ3v) is 5.34. The first-order chi connectivity index (χ1) is 13.2. The number of anilines is 1. The summed E-state index contributed by atoms with van der Waals surface area (Å²) in [4.78, 5) is 31.6. The summed E-state index contributed by atoms with van der Waals surface area (Å²) in [6.45, 7) is 1.34. The SMILES string of the molecule is O=C(COc1ccc2nc3n(c(=O)c2c1)CCC3)N1CCc2ccccc21. The van der Waals surface area contributed by atoms with Crippen LogP contribution in [0.2, 0.25) is 0 Å². The number of aryl methyl sites for hydroxylation is 1. The summed E-state index contributed by atoms with van der Waals surface area (Å²) in [6, 6.07) is 13.2. The van der Waals surface area contributed by atoms with Crippen molar-refractivity contribution >= 4 is 22.5 Å². The fourth-order valence-electron chi connectivity index (χ4n) is 3.97. The number of ether oxygens (including phenoxy) is 1. The third kappa shape index (κ3) is 2.68. The molecule has 3 aromatic rings. The number of rotatable bonds is 3. The Morgan fingerprint density at radius 2 is 2.00 bits per heavy atom. The molecule has 0 bridgehead atoms. The zero-order chi connectivity index (χ0) is 18.4. The number of amides is 1. The topological polar surface area (TPSA) is 64.4 Å². The lowest BCUT2D eigenvalue weighted by atomic mass is 10.2. The number of carbonyl (C=O) groups is 1. The fraction of sp³-hybridized carbons (Fsp3) is 0.286. The molecule has 0 spiro atoms. The standard InChI is InChI=1S/C21H19N3O3/c25-20(23-11-9-14-4-1-2-5-18(14)23)13-27-15-7-8-17-16(12-15)21(26)24-10-3-6-19(24)22-17/h1-2,4-5,7-8,12H,3,6,9-11,13H2. The fourth-order valence-corrected chi connectivity index (χ4v) is 3.97. The van der Waals surface area contributed by atoms with Crippen molar-refractivity contribution in [3.63, 3.8) is 0 Å². The van der Waals surface area contributed by atoms with E-state index in [1.165, 1.54) is 5.56 Å². The Morgan fingerprint density at radius 3 is 2.93 bits per heavy atom. The van der Waals surface area contributed by atoms with Gasteiger partial charge in [0.2, 0.25) is 0 Å². The number of aromatic nitrogens is 2. The molecule has 0 saturated heterocycles. The summed E-state index contributed by atoms with van der Waals surface area (Å²) in [6.07, 6.45) is 2.66. The summed E-state index contributed by atoms with van der Waals surface area (Å²) in [5.41, 5.74) is 2.80. The minimum atomic E-state index is -0.0798. The lowest BCUT2D eigenvalue weighted by Gasteiger charge is -2.17. The molecule has 3 heterocycles. The number of hydrogen-bond acceptors (Lipinski definition) is 4. The molecule has 0 N–H and O–H groups in total. The van der Waals surface area contributed by atoms with Crippen molar-refractivity contribution in [3.05, 3.63) is 64.2 Å². The van der Waals surface area contributed by atoms with Crippen molar-refractivity contribution in [1.29, 1.82) is 0 Å². The maximum Gasteiger partial charge on any atom is 0.264 e. The number of hydrogen-bond donors (Lipinski definition) is 0. The highest BCUT2D eigenvalue weighted by atomic mass is 16.5. The van der Waals surface area contributed by atoms with Gasteiger partial charge in [0.05, 0.1) is 10.9 Å². The second-order valence-electron chi connectivity index (χ2n) is 6.98. The summed E-state index contributed by atoms with van der Waals surface area (Å²) in [5, 5.41) is 0.539. The van der Waals surface area contributed by atoms with Crippen LogP contribution in [0.3, 0.4) is 0 Å².